The first-order chi connectivity index (χ1) is 9.99. The lowest BCUT2D eigenvalue weighted by molar-refractivity contribution is 0.0600. The zero-order chi connectivity index (χ0) is 15.4. The van der Waals surface area contributed by atoms with Crippen molar-refractivity contribution in [3.8, 4) is 0 Å². The number of carbonyl (C=O) groups is 1. The average molecular weight is 286 g/mol. The number of aromatic nitrogens is 2. The molecule has 1 aromatic carbocycles. The van der Waals surface area contributed by atoms with Crippen molar-refractivity contribution in [2.24, 2.45) is 0 Å². The van der Waals surface area contributed by atoms with Crippen molar-refractivity contribution in [1.29, 1.82) is 0 Å². The van der Waals surface area contributed by atoms with Gasteiger partial charge in [0, 0.05) is 17.8 Å². The summed E-state index contributed by atoms with van der Waals surface area (Å²) in [6.07, 6.45) is 0. The van der Waals surface area contributed by atoms with E-state index in [0.717, 1.165) is 11.3 Å². The molecule has 0 saturated heterocycles. The van der Waals surface area contributed by atoms with Crippen LogP contribution in [0.15, 0.2) is 30.3 Å². The van der Waals surface area contributed by atoms with Gasteiger partial charge in [0.25, 0.3) is 0 Å². The second-order valence-electron chi connectivity index (χ2n) is 4.73. The Labute approximate surface area is 123 Å². The number of rotatable bonds is 4. The number of anilines is 2. The van der Waals surface area contributed by atoms with Gasteiger partial charge in [-0.05, 0) is 31.5 Å². The van der Waals surface area contributed by atoms with Crippen LogP contribution in [0.3, 0.4) is 0 Å². The highest BCUT2D eigenvalue weighted by molar-refractivity contribution is 5.89. The molecular weight excluding hydrogens is 268 g/mol. The standard InChI is InChI=1S/C15H18N4O2/c1-9-8-13(19-15(16)17-9)18-10(2)11-4-6-12(7-5-11)14(20)21-3/h4-8,10H,1-3H3,(H3,16,17,18,19)/t10-/m0/s1. The zero-order valence-corrected chi connectivity index (χ0v) is 12.3. The molecule has 0 aliphatic rings. The number of carbonyl (C=O) groups excluding carboxylic acids is 1. The topological polar surface area (TPSA) is 90.1 Å². The Bertz CT molecular complexity index is 620. The predicted molar refractivity (Wildman–Crippen MR) is 81.0 cm³/mol. The maximum Gasteiger partial charge on any atom is 0.337 e. The van der Waals surface area contributed by atoms with Crippen molar-refractivity contribution in [3.05, 3.63) is 47.2 Å². The van der Waals surface area contributed by atoms with Gasteiger partial charge in [-0.25, -0.2) is 9.78 Å². The molecule has 0 spiro atoms. The van der Waals surface area contributed by atoms with Crippen LogP contribution in [0, 0.1) is 6.92 Å². The smallest absolute Gasteiger partial charge is 0.337 e. The van der Waals surface area contributed by atoms with E-state index in [2.05, 4.69) is 20.0 Å². The molecule has 0 saturated carbocycles. The van der Waals surface area contributed by atoms with Crippen molar-refractivity contribution >= 4 is 17.7 Å². The largest absolute Gasteiger partial charge is 0.465 e. The minimum atomic E-state index is -0.346. The summed E-state index contributed by atoms with van der Waals surface area (Å²) in [5.41, 5.74) is 7.98. The number of benzene rings is 1. The van der Waals surface area contributed by atoms with Gasteiger partial charge in [-0.15, -0.1) is 0 Å². The average Bonchev–Trinajstić information content (AvgIpc) is 2.45. The first-order valence-electron chi connectivity index (χ1n) is 6.55. The molecule has 2 aromatic rings. The number of methoxy groups -OCH3 is 1. The van der Waals surface area contributed by atoms with Crippen LogP contribution in [0.1, 0.15) is 34.6 Å². The number of nitrogens with zero attached hydrogens (tertiary/aromatic N) is 2. The van der Waals surface area contributed by atoms with Gasteiger partial charge < -0.3 is 15.8 Å². The monoisotopic (exact) mass is 286 g/mol. The first kappa shape index (κ1) is 14.8. The van der Waals surface area contributed by atoms with Crippen molar-refractivity contribution in [2.45, 2.75) is 19.9 Å². The zero-order valence-electron chi connectivity index (χ0n) is 12.3. The number of nitrogens with one attached hydrogen (secondary N) is 1. The van der Waals surface area contributed by atoms with E-state index in [-0.39, 0.29) is 18.0 Å². The molecule has 2 rings (SSSR count). The fourth-order valence-electron chi connectivity index (χ4n) is 2.00. The number of hydrogen-bond donors (Lipinski definition) is 2. The van der Waals surface area contributed by atoms with Gasteiger partial charge in [0.2, 0.25) is 5.95 Å². The van der Waals surface area contributed by atoms with E-state index >= 15 is 0 Å². The minimum Gasteiger partial charge on any atom is -0.465 e. The molecule has 6 heteroatoms. The molecular formula is C15H18N4O2. The molecule has 1 aromatic heterocycles. The molecule has 21 heavy (non-hydrogen) atoms. The van der Waals surface area contributed by atoms with Crippen LogP contribution in [0.25, 0.3) is 0 Å². The molecule has 0 aliphatic heterocycles. The molecule has 0 fully saturated rings. The van der Waals surface area contributed by atoms with E-state index in [4.69, 9.17) is 5.73 Å². The molecule has 110 valence electrons. The third-order valence-corrected chi connectivity index (χ3v) is 3.07. The Morgan fingerprint density at radius 3 is 2.52 bits per heavy atom. The highest BCUT2D eigenvalue weighted by Gasteiger charge is 2.09. The van der Waals surface area contributed by atoms with Crippen LogP contribution in [-0.4, -0.2) is 23.0 Å². The van der Waals surface area contributed by atoms with Crippen LogP contribution in [0.2, 0.25) is 0 Å². The normalized spacial score (nSPS) is 11.8. The first-order valence-corrected chi connectivity index (χ1v) is 6.55. The molecule has 1 atom stereocenters. The van der Waals surface area contributed by atoms with E-state index < -0.39 is 0 Å². The van der Waals surface area contributed by atoms with Crippen LogP contribution in [0.4, 0.5) is 11.8 Å². The molecule has 1 heterocycles. The maximum atomic E-state index is 11.4. The van der Waals surface area contributed by atoms with Crippen molar-refractivity contribution in [3.63, 3.8) is 0 Å². The highest BCUT2D eigenvalue weighted by Crippen LogP contribution is 2.19. The van der Waals surface area contributed by atoms with Crippen LogP contribution < -0.4 is 11.1 Å². The Kier molecular flexibility index (Phi) is 4.37. The van der Waals surface area contributed by atoms with Gasteiger partial charge in [0.15, 0.2) is 0 Å². The molecule has 0 radical (unpaired) electrons. The summed E-state index contributed by atoms with van der Waals surface area (Å²) in [5, 5.41) is 3.26. The van der Waals surface area contributed by atoms with Gasteiger partial charge in [-0.3, -0.25) is 0 Å². The van der Waals surface area contributed by atoms with Gasteiger partial charge in [-0.1, -0.05) is 12.1 Å². The van der Waals surface area contributed by atoms with Gasteiger partial charge in [0.1, 0.15) is 5.82 Å². The quantitative estimate of drug-likeness (QED) is 0.838. The van der Waals surface area contributed by atoms with Crippen molar-refractivity contribution in [2.75, 3.05) is 18.2 Å². The van der Waals surface area contributed by atoms with Gasteiger partial charge in [-0.2, -0.15) is 4.98 Å². The number of nitrogen functional groups attached to an aromatic ring is 1. The third-order valence-electron chi connectivity index (χ3n) is 3.07. The van der Waals surface area contributed by atoms with E-state index in [1.54, 1.807) is 12.1 Å². The number of aryl methyl sites for hydroxylation is 1. The second kappa shape index (κ2) is 6.21. The Hall–Kier alpha value is -2.63. The lowest BCUT2D eigenvalue weighted by Gasteiger charge is -2.15. The highest BCUT2D eigenvalue weighted by atomic mass is 16.5. The van der Waals surface area contributed by atoms with Gasteiger partial charge >= 0.3 is 5.97 Å². The fraction of sp³-hybridized carbons (Fsp3) is 0.267. The number of nitrogens with two attached hydrogens (primary N) is 1. The SMILES string of the molecule is COC(=O)c1ccc([C@H](C)Nc2cc(C)nc(N)n2)cc1. The summed E-state index contributed by atoms with van der Waals surface area (Å²) >= 11 is 0. The summed E-state index contributed by atoms with van der Waals surface area (Å²) in [5.74, 6) is 0.566. The van der Waals surface area contributed by atoms with E-state index in [9.17, 15) is 4.79 Å². The van der Waals surface area contributed by atoms with Crippen LogP contribution >= 0.6 is 0 Å². The summed E-state index contributed by atoms with van der Waals surface area (Å²) < 4.78 is 4.67. The Balaban J connectivity index is 2.12. The summed E-state index contributed by atoms with van der Waals surface area (Å²) in [6, 6.07) is 9.07. The Morgan fingerprint density at radius 2 is 1.95 bits per heavy atom. The third kappa shape index (κ3) is 3.68. The van der Waals surface area contributed by atoms with Crippen LogP contribution in [0.5, 0.6) is 0 Å². The molecule has 0 unspecified atom stereocenters. The molecule has 0 bridgehead atoms. The van der Waals surface area contributed by atoms with Gasteiger partial charge in [0.05, 0.1) is 12.7 Å². The molecule has 0 amide bonds. The number of esters is 1. The lowest BCUT2D eigenvalue weighted by Crippen LogP contribution is -2.10. The van der Waals surface area contributed by atoms with E-state index in [1.165, 1.54) is 7.11 Å². The van der Waals surface area contributed by atoms with Crippen molar-refractivity contribution < 1.29 is 9.53 Å². The van der Waals surface area contributed by atoms with Crippen LogP contribution in [-0.2, 0) is 4.74 Å². The summed E-state index contributed by atoms with van der Waals surface area (Å²) in [4.78, 5) is 19.6. The molecule has 0 aliphatic carbocycles. The number of hydrogen-bond acceptors (Lipinski definition) is 6. The summed E-state index contributed by atoms with van der Waals surface area (Å²) in [7, 11) is 1.36. The summed E-state index contributed by atoms with van der Waals surface area (Å²) in [6.45, 7) is 3.86. The molecule has 6 nitrogen and oxygen atoms in total. The fourth-order valence-corrected chi connectivity index (χ4v) is 2.00. The van der Waals surface area contributed by atoms with Crippen molar-refractivity contribution in [1.82, 2.24) is 9.97 Å². The lowest BCUT2D eigenvalue weighted by atomic mass is 10.1. The predicted octanol–water partition coefficient (Wildman–Crippen LogP) is 2.33. The minimum absolute atomic E-state index is 0.0189. The van der Waals surface area contributed by atoms with E-state index in [0.29, 0.717) is 11.4 Å². The maximum absolute atomic E-state index is 11.4. The number of ether oxygens (including phenoxy) is 1. The second-order valence-corrected chi connectivity index (χ2v) is 4.73. The molecule has 3 N–H and O–H groups in total. The Morgan fingerprint density at radius 1 is 1.29 bits per heavy atom. The van der Waals surface area contributed by atoms with E-state index in [1.807, 2.05) is 32.0 Å².